The van der Waals surface area contributed by atoms with Crippen LogP contribution in [0.5, 0.6) is 5.75 Å². The lowest BCUT2D eigenvalue weighted by Crippen LogP contribution is -2.14. The van der Waals surface area contributed by atoms with Crippen LogP contribution in [0.1, 0.15) is 23.4 Å². The first-order chi connectivity index (χ1) is 14.6. The van der Waals surface area contributed by atoms with Crippen molar-refractivity contribution in [2.24, 2.45) is 5.92 Å². The van der Waals surface area contributed by atoms with Crippen molar-refractivity contribution < 1.29 is 14.6 Å². The fourth-order valence-corrected chi connectivity index (χ4v) is 3.46. The fraction of sp³-hybridized carbons (Fsp3) is 0.292. The summed E-state index contributed by atoms with van der Waals surface area (Å²) in [4.78, 5) is 20.0. The van der Waals surface area contributed by atoms with Crippen LogP contribution in [0.2, 0.25) is 0 Å². The molecule has 0 aliphatic heterocycles. The number of aliphatic carboxylic acids is 1. The molecule has 1 aromatic carbocycles. The van der Waals surface area contributed by atoms with Crippen LogP contribution in [0.3, 0.4) is 0 Å². The maximum Gasteiger partial charge on any atom is 0.303 e. The SMILES string of the molecule is CNc1cccnc1CCOc1ccc(CC(CC(=O)O)Cc2ccccn2)cc1. The summed E-state index contributed by atoms with van der Waals surface area (Å²) < 4.78 is 5.86. The maximum absolute atomic E-state index is 11.3. The van der Waals surface area contributed by atoms with E-state index in [0.29, 0.717) is 25.9 Å². The summed E-state index contributed by atoms with van der Waals surface area (Å²) in [5.74, 6) is -0.000156. The Kier molecular flexibility index (Phi) is 7.78. The molecular formula is C24H27N3O3. The van der Waals surface area contributed by atoms with E-state index in [4.69, 9.17) is 4.74 Å². The molecule has 2 N–H and O–H groups in total. The van der Waals surface area contributed by atoms with E-state index in [1.165, 1.54) is 0 Å². The summed E-state index contributed by atoms with van der Waals surface area (Å²) in [5.41, 5.74) is 3.99. The third-order valence-corrected chi connectivity index (χ3v) is 4.90. The zero-order valence-electron chi connectivity index (χ0n) is 17.1. The summed E-state index contributed by atoms with van der Waals surface area (Å²) in [5, 5.41) is 12.4. The topological polar surface area (TPSA) is 84.3 Å². The summed E-state index contributed by atoms with van der Waals surface area (Å²) in [6.07, 6.45) is 5.68. The number of nitrogens with zero attached hydrogens (tertiary/aromatic N) is 2. The zero-order chi connectivity index (χ0) is 21.2. The van der Waals surface area contributed by atoms with E-state index in [1.807, 2.05) is 61.6 Å². The van der Waals surface area contributed by atoms with Crippen LogP contribution in [0, 0.1) is 5.92 Å². The molecule has 0 radical (unpaired) electrons. The van der Waals surface area contributed by atoms with Crippen LogP contribution in [-0.2, 0) is 24.1 Å². The second kappa shape index (κ2) is 11.0. The number of hydrogen-bond donors (Lipinski definition) is 2. The first-order valence-electron chi connectivity index (χ1n) is 10.1. The molecule has 0 saturated heterocycles. The van der Waals surface area contributed by atoms with Crippen molar-refractivity contribution in [2.75, 3.05) is 19.0 Å². The van der Waals surface area contributed by atoms with Crippen molar-refractivity contribution in [3.8, 4) is 5.75 Å². The molecule has 0 aliphatic carbocycles. The Hall–Kier alpha value is -3.41. The molecule has 156 valence electrons. The van der Waals surface area contributed by atoms with Gasteiger partial charge in [0.2, 0.25) is 0 Å². The Balaban J connectivity index is 1.55. The Morgan fingerprint density at radius 1 is 1.03 bits per heavy atom. The predicted molar refractivity (Wildman–Crippen MR) is 117 cm³/mol. The van der Waals surface area contributed by atoms with Crippen molar-refractivity contribution >= 4 is 11.7 Å². The molecule has 2 heterocycles. The molecule has 3 aromatic rings. The maximum atomic E-state index is 11.3. The van der Waals surface area contributed by atoms with Gasteiger partial charge in [-0.15, -0.1) is 0 Å². The first kappa shape index (κ1) is 21.3. The number of anilines is 1. The highest BCUT2D eigenvalue weighted by Crippen LogP contribution is 2.20. The molecule has 6 heteroatoms. The van der Waals surface area contributed by atoms with Crippen LogP contribution in [0.15, 0.2) is 67.0 Å². The van der Waals surface area contributed by atoms with E-state index in [1.54, 1.807) is 12.4 Å². The molecule has 0 bridgehead atoms. The number of carbonyl (C=O) groups is 1. The van der Waals surface area contributed by atoms with Crippen LogP contribution in [0.25, 0.3) is 0 Å². The van der Waals surface area contributed by atoms with E-state index in [0.717, 1.165) is 28.4 Å². The molecule has 0 fully saturated rings. The Morgan fingerprint density at radius 3 is 2.53 bits per heavy atom. The van der Waals surface area contributed by atoms with Crippen LogP contribution in [-0.4, -0.2) is 34.7 Å². The van der Waals surface area contributed by atoms with Gasteiger partial charge >= 0.3 is 5.97 Å². The zero-order valence-corrected chi connectivity index (χ0v) is 17.1. The van der Waals surface area contributed by atoms with Gasteiger partial charge in [0, 0.05) is 38.0 Å². The van der Waals surface area contributed by atoms with Gasteiger partial charge in [-0.25, -0.2) is 0 Å². The van der Waals surface area contributed by atoms with E-state index in [2.05, 4.69) is 15.3 Å². The van der Waals surface area contributed by atoms with Crippen molar-refractivity contribution in [3.05, 3.63) is 83.9 Å². The van der Waals surface area contributed by atoms with E-state index in [9.17, 15) is 9.90 Å². The molecule has 1 unspecified atom stereocenters. The van der Waals surface area contributed by atoms with Gasteiger partial charge in [0.15, 0.2) is 0 Å². The number of benzene rings is 1. The van der Waals surface area contributed by atoms with E-state index in [-0.39, 0.29) is 12.3 Å². The molecule has 6 nitrogen and oxygen atoms in total. The summed E-state index contributed by atoms with van der Waals surface area (Å²) in [7, 11) is 1.88. The molecule has 2 aromatic heterocycles. The smallest absolute Gasteiger partial charge is 0.303 e. The molecule has 0 saturated carbocycles. The molecular weight excluding hydrogens is 378 g/mol. The largest absolute Gasteiger partial charge is 0.493 e. The number of ether oxygens (including phenoxy) is 1. The number of nitrogens with one attached hydrogen (secondary N) is 1. The number of aromatic nitrogens is 2. The number of carboxylic acid groups (broad SMARTS) is 1. The van der Waals surface area contributed by atoms with E-state index >= 15 is 0 Å². The van der Waals surface area contributed by atoms with Crippen LogP contribution >= 0.6 is 0 Å². The monoisotopic (exact) mass is 405 g/mol. The van der Waals surface area contributed by atoms with Gasteiger partial charge in [0.25, 0.3) is 0 Å². The average Bonchev–Trinajstić information content (AvgIpc) is 2.75. The third-order valence-electron chi connectivity index (χ3n) is 4.90. The Labute approximate surface area is 177 Å². The number of hydrogen-bond acceptors (Lipinski definition) is 5. The molecule has 0 aliphatic rings. The van der Waals surface area contributed by atoms with Crippen LogP contribution < -0.4 is 10.1 Å². The van der Waals surface area contributed by atoms with Crippen molar-refractivity contribution in [2.45, 2.75) is 25.7 Å². The lowest BCUT2D eigenvalue weighted by Gasteiger charge is -2.15. The van der Waals surface area contributed by atoms with Gasteiger partial charge in [0.05, 0.1) is 18.0 Å². The summed E-state index contributed by atoms with van der Waals surface area (Å²) >= 11 is 0. The molecule has 0 spiro atoms. The Bertz CT molecular complexity index is 930. The highest BCUT2D eigenvalue weighted by Gasteiger charge is 2.15. The van der Waals surface area contributed by atoms with Gasteiger partial charge in [-0.3, -0.25) is 14.8 Å². The van der Waals surface area contributed by atoms with Crippen molar-refractivity contribution in [1.29, 1.82) is 0 Å². The highest BCUT2D eigenvalue weighted by molar-refractivity contribution is 5.67. The molecule has 30 heavy (non-hydrogen) atoms. The standard InChI is InChI=1S/C24H27N3O3/c1-25-22-6-4-13-27-23(22)11-14-30-21-9-7-18(8-10-21)15-19(17-24(28)29)16-20-5-2-3-12-26-20/h2-10,12-13,19,25H,11,14-17H2,1H3,(H,28,29). The fourth-order valence-electron chi connectivity index (χ4n) is 3.46. The minimum Gasteiger partial charge on any atom is -0.493 e. The first-order valence-corrected chi connectivity index (χ1v) is 10.1. The van der Waals surface area contributed by atoms with Crippen molar-refractivity contribution in [3.63, 3.8) is 0 Å². The van der Waals surface area contributed by atoms with Gasteiger partial charge in [-0.1, -0.05) is 18.2 Å². The van der Waals surface area contributed by atoms with Gasteiger partial charge in [-0.05, 0) is 60.7 Å². The molecule has 1 atom stereocenters. The average molecular weight is 405 g/mol. The normalized spacial score (nSPS) is 11.6. The summed E-state index contributed by atoms with van der Waals surface area (Å²) in [6.45, 7) is 0.534. The quantitative estimate of drug-likeness (QED) is 0.501. The third kappa shape index (κ3) is 6.58. The summed E-state index contributed by atoms with van der Waals surface area (Å²) in [6, 6.07) is 17.5. The van der Waals surface area contributed by atoms with E-state index < -0.39 is 5.97 Å². The minimum absolute atomic E-state index is 0.00621. The van der Waals surface area contributed by atoms with Gasteiger partial charge in [-0.2, -0.15) is 0 Å². The molecule has 3 rings (SSSR count). The highest BCUT2D eigenvalue weighted by atomic mass is 16.5. The second-order valence-electron chi connectivity index (χ2n) is 7.18. The van der Waals surface area contributed by atoms with Gasteiger partial charge in [0.1, 0.15) is 5.75 Å². The van der Waals surface area contributed by atoms with Gasteiger partial charge < -0.3 is 15.2 Å². The number of carboxylic acids is 1. The van der Waals surface area contributed by atoms with Crippen molar-refractivity contribution in [1.82, 2.24) is 9.97 Å². The predicted octanol–water partition coefficient (Wildman–Crippen LogP) is 4.02. The molecule has 0 amide bonds. The Morgan fingerprint density at radius 2 is 1.83 bits per heavy atom. The minimum atomic E-state index is -0.786. The number of rotatable bonds is 11. The lowest BCUT2D eigenvalue weighted by molar-refractivity contribution is -0.138. The lowest BCUT2D eigenvalue weighted by atomic mass is 9.91. The second-order valence-corrected chi connectivity index (χ2v) is 7.18. The van der Waals surface area contributed by atoms with Crippen LogP contribution in [0.4, 0.5) is 5.69 Å². The number of pyridine rings is 2.